The second-order valence-electron chi connectivity index (χ2n) is 2.85. The number of aliphatic carboxylic acids is 1. The summed E-state index contributed by atoms with van der Waals surface area (Å²) >= 11 is 2.16. The number of benzene rings is 1. The van der Waals surface area contributed by atoms with E-state index in [4.69, 9.17) is 14.6 Å². The lowest BCUT2D eigenvalue weighted by Crippen LogP contribution is -2.31. The predicted molar refractivity (Wildman–Crippen MR) is 63.1 cm³/mol. The van der Waals surface area contributed by atoms with Crippen molar-refractivity contribution >= 4 is 28.6 Å². The maximum absolute atomic E-state index is 10.8. The second-order valence-corrected chi connectivity index (χ2v) is 4.10. The minimum Gasteiger partial charge on any atom is -0.478 e. The number of carboxylic acids is 1. The molecule has 0 aliphatic rings. The summed E-state index contributed by atoms with van der Waals surface area (Å²) in [4.78, 5) is 10.8. The van der Waals surface area contributed by atoms with Gasteiger partial charge in [0.15, 0.2) is 0 Å². The molecule has 1 aromatic rings. The zero-order valence-corrected chi connectivity index (χ0v) is 10.3. The molecule has 0 saturated carbocycles. The third-order valence-corrected chi connectivity index (χ3v) is 2.40. The lowest BCUT2D eigenvalue weighted by atomic mass is 10.3. The number of hydrogen-bond acceptors (Lipinski definition) is 3. The molecule has 1 unspecified atom stereocenters. The van der Waals surface area contributed by atoms with Crippen LogP contribution in [-0.4, -0.2) is 30.9 Å². The Labute approximate surface area is 101 Å². The van der Waals surface area contributed by atoms with Crippen LogP contribution in [-0.2, 0) is 9.53 Å². The van der Waals surface area contributed by atoms with Crippen LogP contribution in [0.5, 0.6) is 5.75 Å². The molecule has 0 saturated heterocycles. The SMILES string of the molecule is COCC(Oc1ccc(I)cc1)C(=O)O. The fourth-order valence-corrected chi connectivity index (χ4v) is 1.34. The van der Waals surface area contributed by atoms with E-state index in [0.717, 1.165) is 3.57 Å². The third-order valence-electron chi connectivity index (χ3n) is 1.69. The summed E-state index contributed by atoms with van der Waals surface area (Å²) in [5, 5.41) is 8.81. The topological polar surface area (TPSA) is 55.8 Å². The molecule has 0 heterocycles. The van der Waals surface area contributed by atoms with Crippen molar-refractivity contribution in [2.24, 2.45) is 0 Å². The summed E-state index contributed by atoms with van der Waals surface area (Å²) in [7, 11) is 1.44. The maximum atomic E-state index is 10.8. The molecule has 1 aromatic carbocycles. The monoisotopic (exact) mass is 322 g/mol. The van der Waals surface area contributed by atoms with E-state index in [2.05, 4.69) is 22.6 Å². The fourth-order valence-electron chi connectivity index (χ4n) is 0.985. The number of carbonyl (C=O) groups is 1. The third kappa shape index (κ3) is 4.05. The Bertz CT molecular complexity index is 323. The molecule has 15 heavy (non-hydrogen) atoms. The Morgan fingerprint density at radius 1 is 1.47 bits per heavy atom. The first-order chi connectivity index (χ1) is 7.13. The average Bonchev–Trinajstić information content (AvgIpc) is 2.20. The summed E-state index contributed by atoms with van der Waals surface area (Å²) in [5.41, 5.74) is 0. The normalized spacial score (nSPS) is 12.1. The summed E-state index contributed by atoms with van der Waals surface area (Å²) in [6.07, 6.45) is -0.963. The van der Waals surface area contributed by atoms with E-state index in [-0.39, 0.29) is 6.61 Å². The van der Waals surface area contributed by atoms with Gasteiger partial charge in [0.1, 0.15) is 5.75 Å². The number of ether oxygens (including phenoxy) is 2. The molecule has 0 aliphatic heterocycles. The quantitative estimate of drug-likeness (QED) is 0.840. The number of hydrogen-bond donors (Lipinski definition) is 1. The molecule has 0 aliphatic carbocycles. The zero-order valence-electron chi connectivity index (χ0n) is 8.14. The summed E-state index contributed by atoms with van der Waals surface area (Å²) in [6.45, 7) is 0.0291. The predicted octanol–water partition coefficient (Wildman–Crippen LogP) is 1.77. The molecule has 0 spiro atoms. The Morgan fingerprint density at radius 2 is 2.07 bits per heavy atom. The summed E-state index contributed by atoms with van der Waals surface area (Å²) < 4.78 is 11.1. The molecular weight excluding hydrogens is 311 g/mol. The number of methoxy groups -OCH3 is 1. The lowest BCUT2D eigenvalue weighted by molar-refractivity contribution is -0.147. The molecule has 1 atom stereocenters. The molecule has 82 valence electrons. The highest BCUT2D eigenvalue weighted by Gasteiger charge is 2.18. The standard InChI is InChI=1S/C10H11IO4/c1-14-6-9(10(12)13)15-8-4-2-7(11)3-5-8/h2-5,9H,6H2,1H3,(H,12,13). The van der Waals surface area contributed by atoms with Gasteiger partial charge in [-0.2, -0.15) is 0 Å². The van der Waals surface area contributed by atoms with Crippen LogP contribution in [0.25, 0.3) is 0 Å². The molecule has 0 fully saturated rings. The van der Waals surface area contributed by atoms with Crippen molar-refractivity contribution in [1.29, 1.82) is 0 Å². The van der Waals surface area contributed by atoms with Crippen molar-refractivity contribution in [2.75, 3.05) is 13.7 Å². The van der Waals surface area contributed by atoms with Gasteiger partial charge in [-0.1, -0.05) is 0 Å². The first-order valence-electron chi connectivity index (χ1n) is 4.27. The molecule has 5 heteroatoms. The van der Waals surface area contributed by atoms with Crippen molar-refractivity contribution in [1.82, 2.24) is 0 Å². The van der Waals surface area contributed by atoms with Gasteiger partial charge in [0.2, 0.25) is 6.10 Å². The van der Waals surface area contributed by atoms with Crippen molar-refractivity contribution < 1.29 is 19.4 Å². The van der Waals surface area contributed by atoms with E-state index in [0.29, 0.717) is 5.75 Å². The molecule has 0 amide bonds. The van der Waals surface area contributed by atoms with E-state index >= 15 is 0 Å². The van der Waals surface area contributed by atoms with Crippen LogP contribution in [0, 0.1) is 3.57 Å². The Balaban J connectivity index is 2.65. The van der Waals surface area contributed by atoms with Crippen molar-refractivity contribution in [2.45, 2.75) is 6.10 Å². The van der Waals surface area contributed by atoms with Gasteiger partial charge in [0.05, 0.1) is 6.61 Å². The van der Waals surface area contributed by atoms with Gasteiger partial charge >= 0.3 is 5.97 Å². The minimum absolute atomic E-state index is 0.0291. The highest BCUT2D eigenvalue weighted by Crippen LogP contribution is 2.15. The van der Waals surface area contributed by atoms with Crippen molar-refractivity contribution in [3.63, 3.8) is 0 Å². The van der Waals surface area contributed by atoms with Gasteiger partial charge in [-0.15, -0.1) is 0 Å². The number of rotatable bonds is 5. The van der Waals surface area contributed by atoms with Crippen LogP contribution in [0.4, 0.5) is 0 Å². The zero-order chi connectivity index (χ0) is 11.3. The van der Waals surface area contributed by atoms with Crippen LogP contribution in [0.3, 0.4) is 0 Å². The van der Waals surface area contributed by atoms with Crippen LogP contribution in [0.15, 0.2) is 24.3 Å². The molecular formula is C10H11IO4. The molecule has 0 radical (unpaired) electrons. The Morgan fingerprint density at radius 3 is 2.53 bits per heavy atom. The average molecular weight is 322 g/mol. The van der Waals surface area contributed by atoms with Crippen LogP contribution in [0.2, 0.25) is 0 Å². The van der Waals surface area contributed by atoms with Crippen LogP contribution < -0.4 is 4.74 Å². The highest BCUT2D eigenvalue weighted by atomic mass is 127. The van der Waals surface area contributed by atoms with E-state index < -0.39 is 12.1 Å². The molecule has 0 bridgehead atoms. The van der Waals surface area contributed by atoms with E-state index in [9.17, 15) is 4.79 Å². The van der Waals surface area contributed by atoms with Gasteiger partial charge in [0.25, 0.3) is 0 Å². The van der Waals surface area contributed by atoms with Gasteiger partial charge in [-0.05, 0) is 46.9 Å². The second kappa shape index (κ2) is 5.92. The highest BCUT2D eigenvalue weighted by molar-refractivity contribution is 14.1. The molecule has 1 N–H and O–H groups in total. The minimum atomic E-state index is -1.03. The summed E-state index contributed by atoms with van der Waals surface area (Å²) in [5.74, 6) is -0.504. The Hall–Kier alpha value is -0.820. The molecule has 1 rings (SSSR count). The van der Waals surface area contributed by atoms with E-state index in [1.807, 2.05) is 12.1 Å². The lowest BCUT2D eigenvalue weighted by Gasteiger charge is -2.13. The molecule has 0 aromatic heterocycles. The fraction of sp³-hybridized carbons (Fsp3) is 0.300. The van der Waals surface area contributed by atoms with Crippen LogP contribution in [0.1, 0.15) is 0 Å². The van der Waals surface area contributed by atoms with E-state index in [1.165, 1.54) is 7.11 Å². The Kier molecular flexibility index (Phi) is 4.83. The van der Waals surface area contributed by atoms with Crippen molar-refractivity contribution in [3.8, 4) is 5.75 Å². The van der Waals surface area contributed by atoms with Gasteiger partial charge < -0.3 is 14.6 Å². The summed E-state index contributed by atoms with van der Waals surface area (Å²) in [6, 6.07) is 7.16. The van der Waals surface area contributed by atoms with E-state index in [1.54, 1.807) is 12.1 Å². The van der Waals surface area contributed by atoms with Crippen LogP contribution >= 0.6 is 22.6 Å². The smallest absolute Gasteiger partial charge is 0.347 e. The largest absolute Gasteiger partial charge is 0.478 e. The maximum Gasteiger partial charge on any atom is 0.347 e. The molecule has 4 nitrogen and oxygen atoms in total. The van der Waals surface area contributed by atoms with Gasteiger partial charge in [0, 0.05) is 10.7 Å². The van der Waals surface area contributed by atoms with Crippen molar-refractivity contribution in [3.05, 3.63) is 27.8 Å². The van der Waals surface area contributed by atoms with Gasteiger partial charge in [-0.25, -0.2) is 4.79 Å². The first-order valence-corrected chi connectivity index (χ1v) is 5.35. The number of halogens is 1. The number of carboxylic acid groups (broad SMARTS) is 1. The first kappa shape index (κ1) is 12.3. The van der Waals surface area contributed by atoms with Gasteiger partial charge in [-0.3, -0.25) is 0 Å².